The van der Waals surface area contributed by atoms with E-state index in [-0.39, 0.29) is 76.3 Å². The third kappa shape index (κ3) is 12.8. The number of fused-ring (bicyclic) bond motifs is 9. The number of thiophene rings is 2. The molecule has 0 bridgehead atoms. The number of furan rings is 3. The van der Waals surface area contributed by atoms with E-state index in [0.717, 1.165) is 29.5 Å². The first-order valence-corrected chi connectivity index (χ1v) is 37.2. The lowest BCUT2D eigenvalue weighted by Crippen LogP contribution is -2.60. The first kappa shape index (κ1) is 74.3. The number of carbonyl (C=O) groups excluding carboxylic acids is 9. The van der Waals surface area contributed by atoms with E-state index in [1.165, 1.54) is 86.8 Å². The van der Waals surface area contributed by atoms with Crippen LogP contribution in [0.15, 0.2) is 200 Å². The quantitative estimate of drug-likeness (QED) is 0.0812. The molecule has 106 heavy (non-hydrogen) atoms. The van der Waals surface area contributed by atoms with Crippen LogP contribution in [0.3, 0.4) is 0 Å². The van der Waals surface area contributed by atoms with Crippen LogP contribution < -0.4 is 0 Å². The Kier molecular flexibility index (Phi) is 20.2. The van der Waals surface area contributed by atoms with Crippen LogP contribution in [0.4, 0.5) is 0 Å². The van der Waals surface area contributed by atoms with Gasteiger partial charge in [0.1, 0.15) is 23.2 Å². The zero-order valence-corrected chi connectivity index (χ0v) is 62.1. The SMILES string of the molecule is C=C1O[C@H](c2ccoc2)C[C@]2(C)[C@H]3C(=O)C(OC(=O)c4cccs4)=C[C@@H](C(=O)OC)[C@]3(C)CC[C@@H]12.C=C1O[C@H](c2ccoc2)C[C@]2(C)[C@H]3C(=O)C(OC(=O)c4ccncc4)=C[C@@H](C(=O)OC)[C@]3(C)CC[C@@H]12.C=C1O[C@H](c2ccoc2)C[C@]2(C)[C@H]3C(=O)C(OC(=O)c4ccsc4)=C[C@@H](C(=O)OC)[C@]3(C)CC[C@@H]12. The van der Waals surface area contributed by atoms with Gasteiger partial charge in [-0.2, -0.15) is 11.3 Å². The van der Waals surface area contributed by atoms with Gasteiger partial charge in [-0.3, -0.25) is 33.8 Å². The van der Waals surface area contributed by atoms with Crippen molar-refractivity contribution in [1.29, 1.82) is 0 Å². The van der Waals surface area contributed by atoms with Crippen LogP contribution >= 0.6 is 22.7 Å². The molecule has 15 rings (SSSR count). The molecule has 6 fully saturated rings. The van der Waals surface area contributed by atoms with Crippen molar-refractivity contribution in [3.63, 3.8) is 0 Å². The summed E-state index contributed by atoms with van der Waals surface area (Å²) in [6, 6.07) is 13.6. The molecule has 3 saturated heterocycles. The lowest BCUT2D eigenvalue weighted by molar-refractivity contribution is -0.176. The highest BCUT2D eigenvalue weighted by molar-refractivity contribution is 7.12. The second kappa shape index (κ2) is 28.7. The van der Waals surface area contributed by atoms with Gasteiger partial charge in [-0.05, 0) is 162 Å². The third-order valence-corrected chi connectivity index (χ3v) is 26.4. The summed E-state index contributed by atoms with van der Waals surface area (Å²) in [5.41, 5.74) is -0.764. The number of carbonyl (C=O) groups is 9. The third-order valence-electron chi connectivity index (χ3n) is 24.9. The van der Waals surface area contributed by atoms with Gasteiger partial charge in [0.25, 0.3) is 0 Å². The Labute approximate surface area is 621 Å². The fourth-order valence-corrected chi connectivity index (χ4v) is 21.2. The largest absolute Gasteiger partial charge is 0.490 e. The van der Waals surface area contributed by atoms with Gasteiger partial charge in [-0.1, -0.05) is 67.3 Å². The van der Waals surface area contributed by atoms with Crippen LogP contribution in [-0.4, -0.2) is 79.5 Å². The molecular formula is C82H85NO21S2. The summed E-state index contributed by atoms with van der Waals surface area (Å²) < 4.78 is 66.7. The lowest BCUT2D eigenvalue weighted by atomic mass is 9.44. The van der Waals surface area contributed by atoms with Crippen LogP contribution in [0, 0.1) is 85.8 Å². The summed E-state index contributed by atoms with van der Waals surface area (Å²) in [6.07, 6.45) is 21.5. The number of aromatic nitrogens is 1. The van der Waals surface area contributed by atoms with Crippen molar-refractivity contribution in [2.45, 2.75) is 118 Å². The molecule has 0 unspecified atom stereocenters. The number of esters is 6. The Balaban J connectivity index is 0.000000141. The van der Waals surface area contributed by atoms with E-state index < -0.39 is 104 Å². The van der Waals surface area contributed by atoms with Crippen molar-refractivity contribution in [1.82, 2.24) is 4.98 Å². The van der Waals surface area contributed by atoms with E-state index in [1.54, 1.807) is 71.9 Å². The first-order valence-electron chi connectivity index (χ1n) is 35.3. The molecule has 6 aromatic heterocycles. The van der Waals surface area contributed by atoms with Crippen molar-refractivity contribution in [3.8, 4) is 0 Å². The minimum atomic E-state index is -0.758. The molecule has 0 aromatic carbocycles. The number of ketones is 3. The molecule has 3 saturated carbocycles. The number of hydrogen-bond acceptors (Lipinski definition) is 24. The number of methoxy groups -OCH3 is 3. The maximum absolute atomic E-state index is 14.1. The standard InChI is InChI=1S/C28H29NO7.2C27H28O7S/c1-16-19-5-9-27(2)20(26(32)33-4)13-21(36-25(31)17-6-10-29-11-7-17)23(30)24(27)28(19,3)14-22(35-16)18-8-12-34-15-18;1-15-18-5-8-26(2)19(25(30)31-4)11-20(34-24(29)17-7-10-35-14-17)22(28)23(26)27(18,3)12-21(33-15)16-6-9-32-13-16;1-15-17-7-9-26(2)18(24(29)31-4)12-19(34-25(30)21-6-5-11-35-21)22(28)23(26)27(17,3)13-20(33-15)16-8-10-32-14-16/h6-8,10-13,15,19-20,22,24H,1,5,9,14H2,2-4H3;6-7,9-11,13-14,18-19,21,23H,1,5,8,12H2,2-4H3;5-6,8,10-12,14,17-18,20,23H,1,7,9,13H2,2-4H3/t19-,20-,22-,24-,27-,28-;18-,19-,21-,23-,26-,27-;17-,18-,20-,23-,26-,27-/m000/s1. The summed E-state index contributed by atoms with van der Waals surface area (Å²) in [5, 5.41) is 5.19. The monoisotopic (exact) mass is 1480 g/mol. The molecule has 556 valence electrons. The maximum atomic E-state index is 14.1. The van der Waals surface area contributed by atoms with Gasteiger partial charge in [0.15, 0.2) is 17.3 Å². The number of Topliss-reactive ketones (excluding diaryl/α,β-unsaturated/α-hetero) is 3. The normalized spacial score (nSPS) is 34.0. The van der Waals surface area contributed by atoms with Gasteiger partial charge in [0.05, 0.1) is 105 Å². The van der Waals surface area contributed by atoms with Crippen molar-refractivity contribution >= 4 is 75.8 Å². The van der Waals surface area contributed by atoms with Crippen LogP contribution in [0.25, 0.3) is 0 Å². The minimum Gasteiger partial charge on any atom is -0.490 e. The Morgan fingerprint density at radius 1 is 0.462 bits per heavy atom. The molecule has 9 heterocycles. The molecule has 18 atom stereocenters. The zero-order chi connectivity index (χ0) is 75.6. The molecule has 6 aromatic rings. The molecule has 22 nitrogen and oxygen atoms in total. The summed E-state index contributed by atoms with van der Waals surface area (Å²) in [5.74, 6) is -6.94. The Morgan fingerprint density at radius 3 is 1.13 bits per heavy atom. The van der Waals surface area contributed by atoms with E-state index in [9.17, 15) is 43.2 Å². The summed E-state index contributed by atoms with van der Waals surface area (Å²) in [7, 11) is 3.99. The van der Waals surface area contributed by atoms with Gasteiger partial charge in [-0.15, -0.1) is 11.3 Å². The fraction of sp³-hybridized carbons (Fsp3) is 0.439. The average molecular weight is 1480 g/mol. The van der Waals surface area contributed by atoms with Gasteiger partial charge >= 0.3 is 35.8 Å². The average Bonchev–Trinajstić information content (AvgIpc) is 0.838. The van der Waals surface area contributed by atoms with Crippen molar-refractivity contribution in [2.24, 2.45) is 85.8 Å². The van der Waals surface area contributed by atoms with E-state index in [0.29, 0.717) is 72.7 Å². The van der Waals surface area contributed by atoms with Gasteiger partial charge in [0.2, 0.25) is 17.3 Å². The van der Waals surface area contributed by atoms with Crippen LogP contribution in [0.1, 0.15) is 165 Å². The Hall–Kier alpha value is -9.94. The maximum Gasteiger partial charge on any atom is 0.353 e. The number of pyridine rings is 1. The zero-order valence-electron chi connectivity index (χ0n) is 60.5. The fourth-order valence-electron chi connectivity index (χ4n) is 19.9. The van der Waals surface area contributed by atoms with Crippen LogP contribution in [-0.2, 0) is 71.4 Å². The van der Waals surface area contributed by atoms with Gasteiger partial charge < -0.3 is 55.9 Å². The molecule has 0 N–H and O–H groups in total. The molecular weight excluding hydrogens is 1400 g/mol. The minimum absolute atomic E-state index is 0.0849. The highest BCUT2D eigenvalue weighted by Crippen LogP contribution is 2.70. The second-order valence-corrected chi connectivity index (χ2v) is 32.4. The number of allylic oxidation sites excluding steroid dienone is 6. The predicted molar refractivity (Wildman–Crippen MR) is 381 cm³/mol. The van der Waals surface area contributed by atoms with Gasteiger partial charge in [-0.25, -0.2) is 14.4 Å². The van der Waals surface area contributed by atoms with Gasteiger partial charge in [0, 0.05) is 70.0 Å². The second-order valence-electron chi connectivity index (χ2n) is 30.7. The smallest absolute Gasteiger partial charge is 0.353 e. The number of hydrogen-bond donors (Lipinski definition) is 0. The van der Waals surface area contributed by atoms with E-state index in [1.807, 2.05) is 39.0 Å². The molecule has 0 amide bonds. The highest BCUT2D eigenvalue weighted by Gasteiger charge is 2.69. The van der Waals surface area contributed by atoms with Crippen LogP contribution in [0.2, 0.25) is 0 Å². The predicted octanol–water partition coefficient (Wildman–Crippen LogP) is 15.7. The Morgan fingerprint density at radius 2 is 0.821 bits per heavy atom. The van der Waals surface area contributed by atoms with E-state index in [4.69, 9.17) is 55.9 Å². The molecule has 6 aliphatic carbocycles. The lowest BCUT2D eigenvalue weighted by Gasteiger charge is -2.60. The molecule has 0 spiro atoms. The topological polar surface area (TPSA) is 289 Å². The molecule has 24 heteroatoms. The summed E-state index contributed by atoms with van der Waals surface area (Å²) in [6.45, 7) is 24.7. The van der Waals surface area contributed by atoms with E-state index >= 15 is 0 Å². The summed E-state index contributed by atoms with van der Waals surface area (Å²) >= 11 is 2.59. The summed E-state index contributed by atoms with van der Waals surface area (Å²) in [4.78, 5) is 124. The molecule has 0 radical (unpaired) electrons. The van der Waals surface area contributed by atoms with Crippen molar-refractivity contribution in [2.75, 3.05) is 21.3 Å². The number of nitrogens with zero attached hydrogens (tertiary/aromatic N) is 1. The molecule has 3 aliphatic heterocycles. The Bertz CT molecular complexity index is 4340. The van der Waals surface area contributed by atoms with Crippen molar-refractivity contribution in [3.05, 3.63) is 220 Å². The van der Waals surface area contributed by atoms with Crippen molar-refractivity contribution < 1.29 is 99.0 Å². The number of ether oxygens (including phenoxy) is 9. The van der Waals surface area contributed by atoms with E-state index in [2.05, 4.69) is 45.5 Å². The van der Waals surface area contributed by atoms with Crippen LogP contribution in [0.5, 0.6) is 0 Å². The molecule has 9 aliphatic rings. The highest BCUT2D eigenvalue weighted by atomic mass is 32.1. The first-order chi connectivity index (χ1) is 50.6. The number of rotatable bonds is 12.